The Hall–Kier alpha value is -1.90. The summed E-state index contributed by atoms with van der Waals surface area (Å²) >= 11 is 0. The van der Waals surface area contributed by atoms with E-state index >= 15 is 0 Å². The highest BCUT2D eigenvalue weighted by atomic mass is 15.0. The van der Waals surface area contributed by atoms with Gasteiger partial charge in [0.05, 0.1) is 0 Å². The van der Waals surface area contributed by atoms with Crippen LogP contribution in [0.1, 0.15) is 35.5 Å². The van der Waals surface area contributed by atoms with Gasteiger partial charge in [-0.25, -0.2) is 9.97 Å². The van der Waals surface area contributed by atoms with E-state index in [0.717, 1.165) is 30.2 Å². The molecule has 0 fully saturated rings. The maximum absolute atomic E-state index is 4.67. The number of nitrogens with one attached hydrogen (secondary N) is 1. The maximum Gasteiger partial charge on any atom is 0.138 e. The van der Waals surface area contributed by atoms with Gasteiger partial charge in [-0.05, 0) is 24.0 Å². The Labute approximate surface area is 107 Å². The van der Waals surface area contributed by atoms with Crippen LogP contribution >= 0.6 is 0 Å². The normalized spacial score (nSPS) is 16.9. The summed E-state index contributed by atoms with van der Waals surface area (Å²) in [5, 5.41) is 3.12. The minimum absolute atomic E-state index is 0.375. The number of hydrogen-bond donors (Lipinski definition) is 1. The van der Waals surface area contributed by atoms with Crippen LogP contribution < -0.4 is 5.32 Å². The monoisotopic (exact) mass is 239 g/mol. The standard InChI is InChI=1S/C15H17N3/c1-3-11-9-14(16-2)18-15(17-11)13-8-10-6-4-5-7-12(10)13/h4-7,9,13H,3,8H2,1-2H3,(H,16,17,18). The van der Waals surface area contributed by atoms with Crippen LogP contribution in [0.4, 0.5) is 5.82 Å². The van der Waals surface area contributed by atoms with Crippen molar-refractivity contribution in [3.63, 3.8) is 0 Å². The summed E-state index contributed by atoms with van der Waals surface area (Å²) in [5.74, 6) is 2.25. The molecule has 0 saturated heterocycles. The van der Waals surface area contributed by atoms with Crippen molar-refractivity contribution in [1.82, 2.24) is 9.97 Å². The number of aryl methyl sites for hydroxylation is 1. The van der Waals surface area contributed by atoms with Crippen molar-refractivity contribution in [2.75, 3.05) is 12.4 Å². The molecule has 0 saturated carbocycles. The van der Waals surface area contributed by atoms with E-state index in [2.05, 4.69) is 46.5 Å². The number of anilines is 1. The first-order valence-corrected chi connectivity index (χ1v) is 6.45. The third-order valence-corrected chi connectivity index (χ3v) is 3.58. The van der Waals surface area contributed by atoms with E-state index in [0.29, 0.717) is 5.92 Å². The molecule has 18 heavy (non-hydrogen) atoms. The van der Waals surface area contributed by atoms with E-state index in [1.54, 1.807) is 0 Å². The van der Waals surface area contributed by atoms with Crippen LogP contribution in [0.3, 0.4) is 0 Å². The molecule has 0 aliphatic heterocycles. The molecular weight excluding hydrogens is 222 g/mol. The van der Waals surface area contributed by atoms with Gasteiger partial charge >= 0.3 is 0 Å². The van der Waals surface area contributed by atoms with E-state index in [1.165, 1.54) is 11.1 Å². The zero-order valence-electron chi connectivity index (χ0n) is 10.8. The molecule has 1 atom stereocenters. The average molecular weight is 239 g/mol. The Bertz CT molecular complexity index is 555. The summed E-state index contributed by atoms with van der Waals surface area (Å²) in [4.78, 5) is 9.27. The third kappa shape index (κ3) is 1.76. The highest BCUT2D eigenvalue weighted by Gasteiger charge is 2.29. The Morgan fingerprint density at radius 3 is 2.83 bits per heavy atom. The molecule has 1 N–H and O–H groups in total. The SMILES string of the molecule is CCc1cc(NC)nc(C2Cc3ccccc32)n1. The second kappa shape index (κ2) is 4.41. The lowest BCUT2D eigenvalue weighted by Crippen LogP contribution is -2.21. The lowest BCUT2D eigenvalue weighted by atomic mass is 9.77. The van der Waals surface area contributed by atoms with Gasteiger partial charge in [-0.3, -0.25) is 0 Å². The molecule has 0 radical (unpaired) electrons. The molecule has 0 bridgehead atoms. The fraction of sp³-hybridized carbons (Fsp3) is 0.333. The Morgan fingerprint density at radius 2 is 2.11 bits per heavy atom. The second-order valence-corrected chi connectivity index (χ2v) is 4.66. The molecule has 0 spiro atoms. The molecule has 1 aromatic heterocycles. The van der Waals surface area contributed by atoms with Crippen LogP contribution in [0.5, 0.6) is 0 Å². The van der Waals surface area contributed by atoms with Crippen molar-refractivity contribution < 1.29 is 0 Å². The lowest BCUT2D eigenvalue weighted by molar-refractivity contribution is 0.655. The molecule has 1 aliphatic carbocycles. The average Bonchev–Trinajstić information content (AvgIpc) is 2.39. The first-order valence-electron chi connectivity index (χ1n) is 6.45. The van der Waals surface area contributed by atoms with Crippen LogP contribution in [-0.4, -0.2) is 17.0 Å². The van der Waals surface area contributed by atoms with Gasteiger partial charge in [0.25, 0.3) is 0 Å². The first-order chi connectivity index (χ1) is 8.81. The number of aromatic nitrogens is 2. The smallest absolute Gasteiger partial charge is 0.138 e. The summed E-state index contributed by atoms with van der Waals surface area (Å²) in [6, 6.07) is 10.6. The summed E-state index contributed by atoms with van der Waals surface area (Å²) in [6.45, 7) is 2.13. The highest BCUT2D eigenvalue weighted by Crippen LogP contribution is 2.38. The zero-order chi connectivity index (χ0) is 12.5. The molecule has 0 amide bonds. The summed E-state index contributed by atoms with van der Waals surface area (Å²) in [6.07, 6.45) is 2.01. The van der Waals surface area contributed by atoms with Gasteiger partial charge in [0, 0.05) is 24.7 Å². The number of fused-ring (bicyclic) bond motifs is 1. The fourth-order valence-corrected chi connectivity index (χ4v) is 2.47. The number of benzene rings is 1. The Morgan fingerprint density at radius 1 is 1.28 bits per heavy atom. The largest absolute Gasteiger partial charge is 0.373 e. The van der Waals surface area contributed by atoms with Crippen molar-refractivity contribution >= 4 is 5.82 Å². The van der Waals surface area contributed by atoms with Gasteiger partial charge in [0.1, 0.15) is 11.6 Å². The van der Waals surface area contributed by atoms with Gasteiger partial charge in [-0.1, -0.05) is 31.2 Å². The van der Waals surface area contributed by atoms with Crippen LogP contribution in [0.2, 0.25) is 0 Å². The molecule has 2 aromatic rings. The van der Waals surface area contributed by atoms with Gasteiger partial charge in [0.2, 0.25) is 0 Å². The molecule has 3 nitrogen and oxygen atoms in total. The van der Waals surface area contributed by atoms with Crippen LogP contribution in [-0.2, 0) is 12.8 Å². The number of nitrogens with zero attached hydrogens (tertiary/aromatic N) is 2. The first kappa shape index (κ1) is 11.2. The molecule has 3 heteroatoms. The van der Waals surface area contributed by atoms with E-state index in [4.69, 9.17) is 0 Å². The Balaban J connectivity index is 1.99. The third-order valence-electron chi connectivity index (χ3n) is 3.58. The summed E-state index contributed by atoms with van der Waals surface area (Å²) in [7, 11) is 1.90. The van der Waals surface area contributed by atoms with Crippen LogP contribution in [0, 0.1) is 0 Å². The van der Waals surface area contributed by atoms with Gasteiger partial charge in [-0.15, -0.1) is 0 Å². The fourth-order valence-electron chi connectivity index (χ4n) is 2.47. The van der Waals surface area contributed by atoms with Crippen molar-refractivity contribution in [3.8, 4) is 0 Å². The Kier molecular flexibility index (Phi) is 2.74. The van der Waals surface area contributed by atoms with E-state index in [-0.39, 0.29) is 0 Å². The number of hydrogen-bond acceptors (Lipinski definition) is 3. The quantitative estimate of drug-likeness (QED) is 0.895. The summed E-state index contributed by atoms with van der Waals surface area (Å²) < 4.78 is 0. The molecule has 3 rings (SSSR count). The molecule has 1 unspecified atom stereocenters. The van der Waals surface area contributed by atoms with Crippen molar-refractivity contribution in [2.24, 2.45) is 0 Å². The van der Waals surface area contributed by atoms with Crippen molar-refractivity contribution in [2.45, 2.75) is 25.7 Å². The minimum Gasteiger partial charge on any atom is -0.373 e. The molecule has 1 aliphatic rings. The van der Waals surface area contributed by atoms with Crippen molar-refractivity contribution in [1.29, 1.82) is 0 Å². The molecule has 1 heterocycles. The predicted molar refractivity (Wildman–Crippen MR) is 72.9 cm³/mol. The van der Waals surface area contributed by atoms with Gasteiger partial charge < -0.3 is 5.32 Å². The topological polar surface area (TPSA) is 37.8 Å². The second-order valence-electron chi connectivity index (χ2n) is 4.66. The lowest BCUT2D eigenvalue weighted by Gasteiger charge is -2.29. The zero-order valence-corrected chi connectivity index (χ0v) is 10.8. The van der Waals surface area contributed by atoms with Gasteiger partial charge in [-0.2, -0.15) is 0 Å². The van der Waals surface area contributed by atoms with Gasteiger partial charge in [0.15, 0.2) is 0 Å². The van der Waals surface area contributed by atoms with Crippen LogP contribution in [0.25, 0.3) is 0 Å². The minimum atomic E-state index is 0.375. The predicted octanol–water partition coefficient (Wildman–Crippen LogP) is 2.77. The molecule has 92 valence electrons. The van der Waals surface area contributed by atoms with Crippen LogP contribution in [0.15, 0.2) is 30.3 Å². The van der Waals surface area contributed by atoms with E-state index < -0.39 is 0 Å². The highest BCUT2D eigenvalue weighted by molar-refractivity contribution is 5.46. The molecular formula is C15H17N3. The maximum atomic E-state index is 4.67. The summed E-state index contributed by atoms with van der Waals surface area (Å²) in [5.41, 5.74) is 3.92. The van der Waals surface area contributed by atoms with E-state index in [1.807, 2.05) is 13.1 Å². The van der Waals surface area contributed by atoms with E-state index in [9.17, 15) is 0 Å². The van der Waals surface area contributed by atoms with Crippen molar-refractivity contribution in [3.05, 3.63) is 53.0 Å². The molecule has 1 aromatic carbocycles. The number of rotatable bonds is 3.